The second-order valence-electron chi connectivity index (χ2n) is 25.7. The van der Waals surface area contributed by atoms with E-state index in [1.807, 2.05) is 138 Å². The molecule has 438 valence electrons. The van der Waals surface area contributed by atoms with E-state index in [4.69, 9.17) is 57.8 Å². The van der Waals surface area contributed by atoms with Gasteiger partial charge in [-0.2, -0.15) is 0 Å². The Morgan fingerprint density at radius 1 is 0.284 bits per heavy atom. The molecular weight excluding hydrogens is 1270 g/mol. The number of benzene rings is 4. The van der Waals surface area contributed by atoms with Crippen LogP contribution in [0.5, 0.6) is 0 Å². The van der Waals surface area contributed by atoms with Crippen LogP contribution in [0.3, 0.4) is 0 Å². The van der Waals surface area contributed by atoms with Crippen LogP contribution in [0.4, 0.5) is 0 Å². The van der Waals surface area contributed by atoms with Gasteiger partial charge in [-0.15, -0.1) is 53.1 Å². The minimum Gasteiger partial charge on any atom is -0.407 e. The fourth-order valence-electron chi connectivity index (χ4n) is 11.0. The van der Waals surface area contributed by atoms with E-state index in [0.717, 1.165) is 101 Å². The Balaban J connectivity index is 0.00000754. The molecule has 13 rings (SSSR count). The van der Waals surface area contributed by atoms with Crippen LogP contribution in [0, 0.1) is 18.2 Å². The van der Waals surface area contributed by atoms with E-state index in [9.17, 15) is 0 Å². The van der Waals surface area contributed by atoms with Crippen molar-refractivity contribution in [3.05, 3.63) is 201 Å². The van der Waals surface area contributed by atoms with Crippen molar-refractivity contribution in [2.24, 2.45) is 0 Å². The van der Waals surface area contributed by atoms with Gasteiger partial charge in [0.05, 0.1) is 33.6 Å². The van der Waals surface area contributed by atoms with E-state index < -0.39 is 55.0 Å². The Hall–Kier alpha value is -7.62. The predicted octanol–water partition coefficient (Wildman–Crippen LogP) is 13.4. The molecule has 0 bridgehead atoms. The molecule has 0 amide bonds. The Morgan fingerprint density at radius 3 is 0.705 bits per heavy atom. The molecule has 0 radical (unpaired) electrons. The Morgan fingerprint density at radius 2 is 0.511 bits per heavy atom. The average Bonchev–Trinajstić information content (AvgIpc) is 1.53. The predicted molar refractivity (Wildman–Crippen MR) is 346 cm³/mol. The molecule has 0 spiro atoms. The zero-order valence-electron chi connectivity index (χ0n) is 51.5. The van der Waals surface area contributed by atoms with Crippen molar-refractivity contribution < 1.29 is 48.0 Å². The van der Waals surface area contributed by atoms with Crippen molar-refractivity contribution in [3.63, 3.8) is 0 Å². The van der Waals surface area contributed by atoms with Crippen LogP contribution in [-0.2, 0) is 48.0 Å². The summed E-state index contributed by atoms with van der Waals surface area (Å²) < 4.78 is 37.6. The van der Waals surface area contributed by atoms with Gasteiger partial charge in [-0.05, 0) is 202 Å². The zero-order chi connectivity index (χ0) is 60.7. The number of aromatic nitrogens is 6. The molecule has 0 saturated carbocycles. The van der Waals surface area contributed by atoms with Crippen LogP contribution in [0.1, 0.15) is 83.1 Å². The van der Waals surface area contributed by atoms with Gasteiger partial charge < -0.3 is 57.8 Å². The minimum absolute atomic E-state index is 0. The van der Waals surface area contributed by atoms with Crippen LogP contribution >= 0.6 is 0 Å². The molecule has 3 fully saturated rings. The van der Waals surface area contributed by atoms with Crippen molar-refractivity contribution in [1.82, 2.24) is 29.9 Å². The first-order chi connectivity index (χ1) is 41.5. The van der Waals surface area contributed by atoms with E-state index in [1.54, 1.807) is 18.6 Å². The third-order valence-corrected chi connectivity index (χ3v) is 18.3. The summed E-state index contributed by atoms with van der Waals surface area (Å²) in [6.07, 6.45) is 11.1. The van der Waals surface area contributed by atoms with Crippen LogP contribution in [0.25, 0.3) is 101 Å². The summed E-state index contributed by atoms with van der Waals surface area (Å²) >= 11 is 0. The van der Waals surface area contributed by atoms with E-state index in [-0.39, 0.29) is 20.1 Å². The summed E-state index contributed by atoms with van der Waals surface area (Å²) in [5.74, 6) is 0. The second-order valence-corrected chi connectivity index (χ2v) is 25.7. The van der Waals surface area contributed by atoms with Gasteiger partial charge in [-0.3, -0.25) is 0 Å². The molecule has 3 saturated heterocycles. The molecule has 10 aromatic rings. The first-order valence-corrected chi connectivity index (χ1v) is 29.6. The van der Waals surface area contributed by atoms with Gasteiger partial charge in [0.1, 0.15) is 0 Å². The van der Waals surface area contributed by atoms with Gasteiger partial charge in [0.2, 0.25) is 0 Å². The first kappa shape index (κ1) is 60.7. The molecule has 3 aliphatic rings. The van der Waals surface area contributed by atoms with Crippen LogP contribution in [0.15, 0.2) is 183 Å². The standard InChI is InChI=1S/C72H66B3N6O6.Ir/c1-67(2)68(3,4)83-73(82-67)64-34-28-49(43-79-64)61-31-25-46(40-76-61)55-19-13-16-22-58(55)52-37-53(59-23-17-14-20-56(59)47-26-32-62(77-41-47)50-29-35-65(80-44-50)74-84-69(5,6)70(7,8)85-74)39-54(38-52)60-24-18-15-21-57(60)48-27-33-63(78-42-48)51-30-36-66(81-45-51)75-86-71(9,10)72(11,12)87-75;/h13-27,31-45H,1-12H3;/q-3;+3. The monoisotopic (exact) mass is 1340 g/mol. The van der Waals surface area contributed by atoms with Gasteiger partial charge in [-0.1, -0.05) is 128 Å². The third kappa shape index (κ3) is 11.5. The maximum Gasteiger partial charge on any atom is 3.00 e. The van der Waals surface area contributed by atoms with Gasteiger partial charge in [0, 0.05) is 18.6 Å². The molecule has 0 aliphatic carbocycles. The number of rotatable bonds is 12. The molecule has 16 heteroatoms. The van der Waals surface area contributed by atoms with E-state index in [1.165, 1.54) is 0 Å². The molecule has 12 nitrogen and oxygen atoms in total. The Bertz CT molecular complexity index is 3700. The number of pyridine rings is 6. The first-order valence-electron chi connectivity index (χ1n) is 29.6. The van der Waals surface area contributed by atoms with Crippen molar-refractivity contribution in [2.45, 2.75) is 117 Å². The summed E-state index contributed by atoms with van der Waals surface area (Å²) in [5.41, 5.74) is 15.9. The smallest absolute Gasteiger partial charge is 0.407 e. The molecule has 4 aromatic carbocycles. The topological polar surface area (TPSA) is 133 Å². The number of hydrogen-bond donors (Lipinski definition) is 0. The second kappa shape index (κ2) is 23.1. The van der Waals surface area contributed by atoms with Gasteiger partial charge in [0.15, 0.2) is 0 Å². The fraction of sp³-hybridized carbons (Fsp3) is 0.250. The van der Waals surface area contributed by atoms with E-state index in [2.05, 4.69) is 127 Å². The molecule has 9 heterocycles. The van der Waals surface area contributed by atoms with Gasteiger partial charge in [-0.25, -0.2) is 0 Å². The number of hydrogen-bond acceptors (Lipinski definition) is 12. The van der Waals surface area contributed by atoms with Gasteiger partial charge in [0.25, 0.3) is 0 Å². The quantitative estimate of drug-likeness (QED) is 0.0852. The maximum atomic E-state index is 6.26. The summed E-state index contributed by atoms with van der Waals surface area (Å²) in [7, 11) is -1.74. The molecule has 0 atom stereocenters. The molecule has 3 aliphatic heterocycles. The van der Waals surface area contributed by atoms with Crippen molar-refractivity contribution in [2.75, 3.05) is 0 Å². The van der Waals surface area contributed by atoms with Gasteiger partial charge >= 0.3 is 41.5 Å². The third-order valence-electron chi connectivity index (χ3n) is 18.3. The zero-order valence-corrected chi connectivity index (χ0v) is 53.9. The largest absolute Gasteiger partial charge is 3.00 e. The Kier molecular flexibility index (Phi) is 15.9. The average molecular weight is 1340 g/mol. The molecular formula is C72H66B3IrN6O6. The fourth-order valence-corrected chi connectivity index (χ4v) is 11.0. The van der Waals surface area contributed by atoms with Crippen molar-refractivity contribution in [3.8, 4) is 101 Å². The van der Waals surface area contributed by atoms with E-state index >= 15 is 0 Å². The molecule has 0 N–H and O–H groups in total. The maximum absolute atomic E-state index is 6.26. The molecule has 88 heavy (non-hydrogen) atoms. The van der Waals surface area contributed by atoms with E-state index in [0.29, 0.717) is 16.8 Å². The number of nitrogens with zero attached hydrogens (tertiary/aromatic N) is 6. The molecule has 0 unspecified atom stereocenters. The van der Waals surface area contributed by atoms with Crippen LogP contribution in [-0.4, -0.2) is 84.9 Å². The van der Waals surface area contributed by atoms with Crippen molar-refractivity contribution in [1.29, 1.82) is 0 Å². The van der Waals surface area contributed by atoms with Crippen molar-refractivity contribution >= 4 is 38.1 Å². The molecule has 6 aromatic heterocycles. The summed E-state index contributed by atoms with van der Waals surface area (Å²) in [5, 5.41) is 0. The summed E-state index contributed by atoms with van der Waals surface area (Å²) in [4.78, 5) is 29.2. The van der Waals surface area contributed by atoms with Crippen LogP contribution in [0.2, 0.25) is 0 Å². The summed E-state index contributed by atoms with van der Waals surface area (Å²) in [6.45, 7) is 24.4. The minimum atomic E-state index is -0.579. The van der Waals surface area contributed by atoms with Crippen LogP contribution < -0.4 is 16.8 Å². The SMILES string of the molecule is CC1(C)OB(c2c[c-]c(-c3ccc(-c4ccccc4-c4cc(-c5ccccc5-c5ccc(-c6[c-]cc(B7OC(C)(C)C(C)(C)O7)nc6)nc5)cc(-c5ccccc5-c5ccc(-c6[c-]cc(B7OC(C)(C)C(C)(C)O7)nc6)nc5)c4)cn3)cn2)OC1(C)C.[Ir+3]. The Labute approximate surface area is 531 Å². The summed E-state index contributed by atoms with van der Waals surface area (Å²) in [6, 6.07) is 60.5. The normalized spacial score (nSPS) is 17.7.